The molecule has 0 spiro atoms. The van der Waals surface area contributed by atoms with Gasteiger partial charge in [0, 0.05) is 0 Å². The van der Waals surface area contributed by atoms with Gasteiger partial charge in [0.25, 0.3) is 0 Å². The highest BCUT2D eigenvalue weighted by Gasteiger charge is 2.27. The zero-order valence-corrected chi connectivity index (χ0v) is 11.1. The van der Waals surface area contributed by atoms with Crippen LogP contribution in [0.1, 0.15) is 34.6 Å². The van der Waals surface area contributed by atoms with E-state index in [2.05, 4.69) is 5.32 Å². The quantitative estimate of drug-likeness (QED) is 0.641. The first kappa shape index (κ1) is 14.8. The van der Waals surface area contributed by atoms with E-state index in [-0.39, 0.29) is 24.0 Å². The summed E-state index contributed by atoms with van der Waals surface area (Å²) in [6, 6.07) is -0.0884. The van der Waals surface area contributed by atoms with Crippen LogP contribution >= 0.6 is 12.2 Å². The first-order valence-corrected chi connectivity index (χ1v) is 5.70. The van der Waals surface area contributed by atoms with Gasteiger partial charge >= 0.3 is 0 Å². The van der Waals surface area contributed by atoms with Crippen LogP contribution in [0.2, 0.25) is 0 Å². The van der Waals surface area contributed by atoms with Crippen LogP contribution < -0.4 is 5.32 Å². The average Bonchev–Trinajstić information content (AvgIpc) is 2.10. The summed E-state index contributed by atoms with van der Waals surface area (Å²) in [5, 5.41) is 22.0. The summed E-state index contributed by atoms with van der Waals surface area (Å²) in [5.41, 5.74) is -0.277. The molecular weight excluding hydrogens is 210 g/mol. The molecule has 0 bridgehead atoms. The fourth-order valence-corrected chi connectivity index (χ4v) is 1.58. The molecule has 0 rings (SSSR count). The lowest BCUT2D eigenvalue weighted by molar-refractivity contribution is 0.118. The van der Waals surface area contributed by atoms with Gasteiger partial charge in [0.15, 0.2) is 0 Å². The highest BCUT2D eigenvalue weighted by Crippen LogP contribution is 2.20. The number of aliphatic hydroxyl groups excluding tert-OH is 2. The Labute approximate surface area is 97.9 Å². The Kier molecular flexibility index (Phi) is 5.70. The molecule has 0 fully saturated rings. The molecule has 0 saturated heterocycles. The van der Waals surface area contributed by atoms with Crippen LogP contribution in [0, 0.1) is 11.3 Å². The molecular formula is C11H23NO2S. The van der Waals surface area contributed by atoms with Crippen LogP contribution in [0.3, 0.4) is 0 Å². The fraction of sp³-hybridized carbons (Fsp3) is 0.909. The normalized spacial score (nSPS) is 16.3. The second kappa shape index (κ2) is 5.77. The van der Waals surface area contributed by atoms with Crippen molar-refractivity contribution in [3.8, 4) is 0 Å². The van der Waals surface area contributed by atoms with E-state index in [4.69, 9.17) is 17.3 Å². The van der Waals surface area contributed by atoms with Crippen LogP contribution in [0.15, 0.2) is 0 Å². The second-order valence-electron chi connectivity index (χ2n) is 5.31. The van der Waals surface area contributed by atoms with Gasteiger partial charge in [-0.15, -0.1) is 0 Å². The maximum Gasteiger partial charge on any atom is 0.109 e. The van der Waals surface area contributed by atoms with Crippen molar-refractivity contribution in [2.45, 2.75) is 46.8 Å². The van der Waals surface area contributed by atoms with Crippen LogP contribution in [0.25, 0.3) is 0 Å². The van der Waals surface area contributed by atoms with E-state index in [9.17, 15) is 5.11 Å². The van der Waals surface area contributed by atoms with Gasteiger partial charge in [-0.1, -0.05) is 46.8 Å². The molecule has 3 nitrogen and oxygen atoms in total. The molecule has 0 aromatic rings. The van der Waals surface area contributed by atoms with Crippen molar-refractivity contribution in [2.75, 3.05) is 6.61 Å². The molecule has 4 heteroatoms. The Morgan fingerprint density at radius 2 is 1.80 bits per heavy atom. The van der Waals surface area contributed by atoms with Gasteiger partial charge < -0.3 is 15.5 Å². The highest BCUT2D eigenvalue weighted by atomic mass is 32.1. The van der Waals surface area contributed by atoms with Crippen molar-refractivity contribution in [3.63, 3.8) is 0 Å². The molecule has 0 unspecified atom stereocenters. The minimum absolute atomic E-state index is 0.0225. The predicted octanol–water partition coefficient (Wildman–Crippen LogP) is 1.33. The number of rotatable bonds is 4. The van der Waals surface area contributed by atoms with Crippen LogP contribution in [0.5, 0.6) is 0 Å². The molecule has 0 amide bonds. The Bertz CT molecular complexity index is 211. The lowest BCUT2D eigenvalue weighted by Gasteiger charge is -2.30. The maximum absolute atomic E-state index is 9.90. The topological polar surface area (TPSA) is 52.5 Å². The van der Waals surface area contributed by atoms with Crippen molar-refractivity contribution < 1.29 is 10.2 Å². The standard InChI is InChI=1S/C11H23NO2S/c1-7(2)8(6-13)12-10(15)9(14)11(3,4)5/h7-9,13-14H,6H2,1-5H3,(H,12,15)/t8-,9-/m1/s1. The molecule has 2 atom stereocenters. The third-order valence-electron chi connectivity index (χ3n) is 2.40. The molecule has 0 aliphatic carbocycles. The molecule has 0 heterocycles. The summed E-state index contributed by atoms with van der Waals surface area (Å²) in [4.78, 5) is 0.412. The third kappa shape index (κ3) is 4.91. The molecule has 15 heavy (non-hydrogen) atoms. The molecule has 0 saturated carbocycles. The molecule has 0 aromatic carbocycles. The number of hydrogen-bond acceptors (Lipinski definition) is 3. The number of nitrogens with one attached hydrogen (secondary N) is 1. The van der Waals surface area contributed by atoms with Crippen LogP contribution in [-0.2, 0) is 0 Å². The minimum Gasteiger partial charge on any atom is -0.394 e. The van der Waals surface area contributed by atoms with Crippen molar-refractivity contribution >= 4 is 17.2 Å². The molecule has 3 N–H and O–H groups in total. The number of aliphatic hydroxyl groups is 2. The first-order valence-electron chi connectivity index (χ1n) is 5.29. The smallest absolute Gasteiger partial charge is 0.109 e. The lowest BCUT2D eigenvalue weighted by atomic mass is 9.88. The van der Waals surface area contributed by atoms with Crippen LogP contribution in [0.4, 0.5) is 0 Å². The molecule has 0 aliphatic heterocycles. The summed E-state index contributed by atoms with van der Waals surface area (Å²) in [5.74, 6) is 0.278. The molecule has 0 radical (unpaired) electrons. The predicted molar refractivity (Wildman–Crippen MR) is 66.9 cm³/mol. The molecule has 0 aromatic heterocycles. The van der Waals surface area contributed by atoms with Gasteiger partial charge in [0.05, 0.1) is 12.6 Å². The average molecular weight is 233 g/mol. The largest absolute Gasteiger partial charge is 0.394 e. The summed E-state index contributed by atoms with van der Waals surface area (Å²) in [6.45, 7) is 9.80. The van der Waals surface area contributed by atoms with Crippen LogP contribution in [-0.4, -0.2) is 34.0 Å². The van der Waals surface area contributed by atoms with E-state index in [0.29, 0.717) is 4.99 Å². The van der Waals surface area contributed by atoms with Crippen molar-refractivity contribution in [1.82, 2.24) is 5.32 Å². The van der Waals surface area contributed by atoms with Crippen molar-refractivity contribution in [3.05, 3.63) is 0 Å². The minimum atomic E-state index is -0.680. The molecule has 0 aliphatic rings. The summed E-state index contributed by atoms with van der Waals surface area (Å²) in [6.07, 6.45) is -0.680. The summed E-state index contributed by atoms with van der Waals surface area (Å²) < 4.78 is 0. The van der Waals surface area contributed by atoms with E-state index in [1.165, 1.54) is 0 Å². The van der Waals surface area contributed by atoms with E-state index in [1.54, 1.807) is 0 Å². The fourth-order valence-electron chi connectivity index (χ4n) is 1.08. The third-order valence-corrected chi connectivity index (χ3v) is 2.74. The van der Waals surface area contributed by atoms with Gasteiger partial charge in [-0.25, -0.2) is 0 Å². The van der Waals surface area contributed by atoms with Gasteiger partial charge in [-0.2, -0.15) is 0 Å². The summed E-state index contributed by atoms with van der Waals surface area (Å²) in [7, 11) is 0. The second-order valence-corrected chi connectivity index (χ2v) is 5.75. The van der Waals surface area contributed by atoms with Gasteiger partial charge in [0.2, 0.25) is 0 Å². The summed E-state index contributed by atoms with van der Waals surface area (Å²) >= 11 is 5.11. The van der Waals surface area contributed by atoms with E-state index in [0.717, 1.165) is 0 Å². The van der Waals surface area contributed by atoms with Gasteiger partial charge in [0.1, 0.15) is 11.1 Å². The van der Waals surface area contributed by atoms with E-state index in [1.807, 2.05) is 34.6 Å². The Morgan fingerprint density at radius 1 is 1.33 bits per heavy atom. The first-order chi connectivity index (χ1) is 6.70. The van der Waals surface area contributed by atoms with Crippen molar-refractivity contribution in [2.24, 2.45) is 11.3 Å². The SMILES string of the molecule is CC(C)[C@@H](CO)NC(=S)[C@@H](O)C(C)(C)C. The maximum atomic E-state index is 9.90. The van der Waals surface area contributed by atoms with E-state index >= 15 is 0 Å². The highest BCUT2D eigenvalue weighted by molar-refractivity contribution is 7.80. The zero-order chi connectivity index (χ0) is 12.2. The van der Waals surface area contributed by atoms with Gasteiger partial charge in [-0.05, 0) is 11.3 Å². The van der Waals surface area contributed by atoms with Crippen molar-refractivity contribution in [1.29, 1.82) is 0 Å². The Balaban J connectivity index is 4.36. The Morgan fingerprint density at radius 3 is 2.07 bits per heavy atom. The molecule has 90 valence electrons. The lowest BCUT2D eigenvalue weighted by Crippen LogP contribution is -2.48. The number of hydrogen-bond donors (Lipinski definition) is 3. The van der Waals surface area contributed by atoms with E-state index < -0.39 is 6.10 Å². The number of thiocarbonyl (C=S) groups is 1. The monoisotopic (exact) mass is 233 g/mol. The Hall–Kier alpha value is -0.190. The van der Waals surface area contributed by atoms with Gasteiger partial charge in [-0.3, -0.25) is 0 Å². The zero-order valence-electron chi connectivity index (χ0n) is 10.2.